The summed E-state index contributed by atoms with van der Waals surface area (Å²) in [5.74, 6) is 0.462. The number of nitrogens with one attached hydrogen (secondary N) is 2. The molecule has 21 heavy (non-hydrogen) atoms. The van der Waals surface area contributed by atoms with Gasteiger partial charge in [-0.1, -0.05) is 11.6 Å². The van der Waals surface area contributed by atoms with Gasteiger partial charge in [0.25, 0.3) is 10.0 Å². The summed E-state index contributed by atoms with van der Waals surface area (Å²) in [5, 5.41) is 3.34. The molecule has 0 saturated heterocycles. The van der Waals surface area contributed by atoms with Crippen molar-refractivity contribution < 1.29 is 8.42 Å². The van der Waals surface area contributed by atoms with Crippen LogP contribution in [-0.2, 0) is 10.0 Å². The molecule has 2 aromatic heterocycles. The number of hydrogen-bond donors (Lipinski definition) is 2. The normalized spacial score (nSPS) is 11.2. The van der Waals surface area contributed by atoms with Gasteiger partial charge < -0.3 is 5.32 Å². The van der Waals surface area contributed by atoms with Crippen molar-refractivity contribution in [3.63, 3.8) is 0 Å². The van der Waals surface area contributed by atoms with Gasteiger partial charge in [0.2, 0.25) is 0 Å². The third-order valence-corrected chi connectivity index (χ3v) is 4.44. The molecule has 0 spiro atoms. The average molecular weight is 392 g/mol. The lowest BCUT2D eigenvalue weighted by atomic mass is 10.4. The van der Waals surface area contributed by atoms with Crippen LogP contribution < -0.4 is 10.0 Å². The van der Waals surface area contributed by atoms with Crippen LogP contribution in [0.2, 0.25) is 5.02 Å². The number of sulfonamides is 1. The molecule has 112 valence electrons. The van der Waals surface area contributed by atoms with Crippen LogP contribution in [0.5, 0.6) is 0 Å². The molecule has 0 bridgehead atoms. The van der Waals surface area contributed by atoms with E-state index in [2.05, 4.69) is 35.9 Å². The van der Waals surface area contributed by atoms with Crippen molar-refractivity contribution in [1.29, 1.82) is 0 Å². The van der Waals surface area contributed by atoms with Gasteiger partial charge in [0.05, 0.1) is 5.02 Å². The predicted octanol–water partition coefficient (Wildman–Crippen LogP) is 3.13. The van der Waals surface area contributed by atoms with Gasteiger partial charge in [-0.05, 0) is 41.1 Å². The molecule has 6 nitrogen and oxygen atoms in total. The second-order valence-electron chi connectivity index (χ2n) is 4.00. The van der Waals surface area contributed by atoms with Gasteiger partial charge in [0, 0.05) is 23.4 Å². The first-order valence-corrected chi connectivity index (χ1v) is 8.61. The zero-order valence-electron chi connectivity index (χ0n) is 11.0. The van der Waals surface area contributed by atoms with Crippen molar-refractivity contribution in [3.8, 4) is 0 Å². The van der Waals surface area contributed by atoms with E-state index in [-0.39, 0.29) is 16.5 Å². The predicted molar refractivity (Wildman–Crippen MR) is 86.2 cm³/mol. The minimum atomic E-state index is -3.81. The fourth-order valence-electron chi connectivity index (χ4n) is 1.55. The quantitative estimate of drug-likeness (QED) is 0.818. The average Bonchev–Trinajstić information content (AvgIpc) is 2.43. The van der Waals surface area contributed by atoms with Gasteiger partial charge in [0.15, 0.2) is 0 Å². The molecule has 0 aromatic carbocycles. The van der Waals surface area contributed by atoms with E-state index in [0.29, 0.717) is 16.0 Å². The molecule has 2 heterocycles. The van der Waals surface area contributed by atoms with E-state index in [9.17, 15) is 8.42 Å². The largest absolute Gasteiger partial charge is 0.369 e. The van der Waals surface area contributed by atoms with Gasteiger partial charge in [-0.2, -0.15) is 0 Å². The number of rotatable bonds is 5. The van der Waals surface area contributed by atoms with Crippen molar-refractivity contribution in [2.45, 2.75) is 11.8 Å². The van der Waals surface area contributed by atoms with Gasteiger partial charge in [-0.25, -0.2) is 18.4 Å². The molecule has 0 aliphatic heterocycles. The summed E-state index contributed by atoms with van der Waals surface area (Å²) in [6, 6.07) is 4.51. The molecular formula is C12H12BrClN4O2S. The fraction of sp³-hybridized carbons (Fsp3) is 0.167. The van der Waals surface area contributed by atoms with Crippen LogP contribution in [-0.4, -0.2) is 24.9 Å². The van der Waals surface area contributed by atoms with Crippen LogP contribution in [0.25, 0.3) is 0 Å². The molecule has 0 aliphatic carbocycles. The highest BCUT2D eigenvalue weighted by atomic mass is 79.9. The zero-order chi connectivity index (χ0) is 15.5. The second-order valence-corrected chi connectivity index (χ2v) is 7.00. The molecule has 0 amide bonds. The first-order valence-electron chi connectivity index (χ1n) is 5.96. The minimum absolute atomic E-state index is 0.0375. The molecule has 2 rings (SSSR count). The van der Waals surface area contributed by atoms with Crippen molar-refractivity contribution in [2.24, 2.45) is 0 Å². The lowest BCUT2D eigenvalue weighted by molar-refractivity contribution is 0.601. The van der Waals surface area contributed by atoms with Crippen LogP contribution in [0.4, 0.5) is 11.6 Å². The lowest BCUT2D eigenvalue weighted by Gasteiger charge is -2.12. The SMILES string of the molecule is CCNc1ncc(Br)cc1S(=O)(=O)Nc1ccc(Cl)cn1. The summed E-state index contributed by atoms with van der Waals surface area (Å²) in [6.07, 6.45) is 2.89. The summed E-state index contributed by atoms with van der Waals surface area (Å²) in [4.78, 5) is 8.02. The van der Waals surface area contributed by atoms with E-state index in [1.807, 2.05) is 6.92 Å². The van der Waals surface area contributed by atoms with Crippen molar-refractivity contribution >= 4 is 49.2 Å². The highest BCUT2D eigenvalue weighted by Crippen LogP contribution is 2.24. The van der Waals surface area contributed by atoms with Crippen molar-refractivity contribution in [1.82, 2.24) is 9.97 Å². The zero-order valence-corrected chi connectivity index (χ0v) is 14.1. The number of hydrogen-bond acceptors (Lipinski definition) is 5. The Kier molecular flexibility index (Phi) is 5.02. The van der Waals surface area contributed by atoms with Crippen LogP contribution in [0.3, 0.4) is 0 Å². The summed E-state index contributed by atoms with van der Waals surface area (Å²) in [6.45, 7) is 2.41. The molecule has 0 unspecified atom stereocenters. The summed E-state index contributed by atoms with van der Waals surface area (Å²) < 4.78 is 27.9. The van der Waals surface area contributed by atoms with E-state index < -0.39 is 10.0 Å². The van der Waals surface area contributed by atoms with E-state index >= 15 is 0 Å². The van der Waals surface area contributed by atoms with Crippen molar-refractivity contribution in [3.05, 3.63) is 40.1 Å². The van der Waals surface area contributed by atoms with Crippen LogP contribution in [0, 0.1) is 0 Å². The molecule has 0 atom stereocenters. The first kappa shape index (κ1) is 16.0. The number of aromatic nitrogens is 2. The topological polar surface area (TPSA) is 84.0 Å². The Morgan fingerprint density at radius 1 is 1.29 bits per heavy atom. The Bertz CT molecular complexity index is 737. The van der Waals surface area contributed by atoms with Gasteiger partial charge >= 0.3 is 0 Å². The standard InChI is InChI=1S/C12H12BrClN4O2S/c1-2-15-12-10(5-8(13)6-17-12)21(19,20)18-11-4-3-9(14)7-16-11/h3-7H,2H2,1H3,(H,15,17)(H,16,18). The maximum absolute atomic E-state index is 12.4. The van der Waals surface area contributed by atoms with Crippen molar-refractivity contribution in [2.75, 3.05) is 16.6 Å². The summed E-state index contributed by atoms with van der Waals surface area (Å²) in [5.41, 5.74) is 0. The Morgan fingerprint density at radius 2 is 2.05 bits per heavy atom. The first-order chi connectivity index (χ1) is 9.92. The van der Waals surface area contributed by atoms with Crippen LogP contribution in [0.15, 0.2) is 40.0 Å². The minimum Gasteiger partial charge on any atom is -0.369 e. The van der Waals surface area contributed by atoms with Crippen LogP contribution >= 0.6 is 27.5 Å². The Hall–Kier alpha value is -1.38. The van der Waals surface area contributed by atoms with E-state index in [0.717, 1.165) is 0 Å². The Morgan fingerprint density at radius 3 is 2.67 bits per heavy atom. The Balaban J connectivity index is 2.39. The monoisotopic (exact) mass is 390 g/mol. The number of nitrogens with zero attached hydrogens (tertiary/aromatic N) is 2. The third kappa shape index (κ3) is 4.05. The second kappa shape index (κ2) is 6.59. The van der Waals surface area contributed by atoms with E-state index in [4.69, 9.17) is 11.6 Å². The van der Waals surface area contributed by atoms with E-state index in [1.165, 1.54) is 24.5 Å². The summed E-state index contributed by atoms with van der Waals surface area (Å²) >= 11 is 8.94. The smallest absolute Gasteiger partial charge is 0.266 e. The summed E-state index contributed by atoms with van der Waals surface area (Å²) in [7, 11) is -3.81. The molecule has 0 aliphatic rings. The van der Waals surface area contributed by atoms with Gasteiger partial charge in [-0.15, -0.1) is 0 Å². The highest BCUT2D eigenvalue weighted by molar-refractivity contribution is 9.10. The third-order valence-electron chi connectivity index (χ3n) is 2.42. The number of anilines is 2. The lowest BCUT2D eigenvalue weighted by Crippen LogP contribution is -2.17. The highest BCUT2D eigenvalue weighted by Gasteiger charge is 2.20. The maximum atomic E-state index is 12.4. The molecule has 0 radical (unpaired) electrons. The molecule has 0 saturated carbocycles. The van der Waals surface area contributed by atoms with Gasteiger partial charge in [-0.3, -0.25) is 4.72 Å². The number of halogens is 2. The maximum Gasteiger partial charge on any atom is 0.266 e. The number of pyridine rings is 2. The molecule has 2 N–H and O–H groups in total. The van der Waals surface area contributed by atoms with Gasteiger partial charge in [0.1, 0.15) is 16.5 Å². The van der Waals surface area contributed by atoms with E-state index in [1.54, 1.807) is 6.07 Å². The fourth-order valence-corrected chi connectivity index (χ4v) is 3.32. The molecule has 0 fully saturated rings. The molecule has 9 heteroatoms. The Labute approximate surface area is 136 Å². The molecule has 2 aromatic rings. The van der Waals surface area contributed by atoms with Crippen LogP contribution in [0.1, 0.15) is 6.92 Å². The molecular weight excluding hydrogens is 380 g/mol.